The molecule has 94 valence electrons. The Hall–Kier alpha value is -2.10. The van der Waals surface area contributed by atoms with Crippen LogP contribution in [0.3, 0.4) is 0 Å². The zero-order valence-electron chi connectivity index (χ0n) is 10.1. The van der Waals surface area contributed by atoms with E-state index in [9.17, 15) is 9.59 Å². The van der Waals surface area contributed by atoms with Gasteiger partial charge in [-0.1, -0.05) is 12.2 Å². The van der Waals surface area contributed by atoms with Crippen LogP contribution in [0.15, 0.2) is 36.4 Å². The van der Waals surface area contributed by atoms with Crippen LogP contribution in [0.4, 0.5) is 5.69 Å². The first-order chi connectivity index (χ1) is 8.65. The maximum absolute atomic E-state index is 11.8. The van der Waals surface area contributed by atoms with Gasteiger partial charge in [0.25, 0.3) is 0 Å². The monoisotopic (exact) mass is 244 g/mol. The molecule has 0 radical (unpaired) electrons. The summed E-state index contributed by atoms with van der Waals surface area (Å²) in [7, 11) is 0. The van der Waals surface area contributed by atoms with Crippen molar-refractivity contribution >= 4 is 17.5 Å². The first kappa shape index (κ1) is 12.4. The lowest BCUT2D eigenvalue weighted by Gasteiger charge is -2.08. The van der Waals surface area contributed by atoms with Gasteiger partial charge in [0, 0.05) is 17.7 Å². The number of nitrogens with one attached hydrogen (secondary N) is 1. The summed E-state index contributed by atoms with van der Waals surface area (Å²) in [6.07, 6.45) is 6.82. The van der Waals surface area contributed by atoms with Crippen molar-refractivity contribution in [3.05, 3.63) is 42.0 Å². The third-order valence-corrected chi connectivity index (χ3v) is 3.01. The molecule has 1 aromatic rings. The van der Waals surface area contributed by atoms with Crippen molar-refractivity contribution in [2.24, 2.45) is 11.7 Å². The lowest BCUT2D eigenvalue weighted by molar-refractivity contribution is -0.116. The van der Waals surface area contributed by atoms with Crippen LogP contribution in [-0.4, -0.2) is 11.8 Å². The highest BCUT2D eigenvalue weighted by molar-refractivity contribution is 5.94. The van der Waals surface area contributed by atoms with Crippen molar-refractivity contribution < 1.29 is 9.59 Å². The summed E-state index contributed by atoms with van der Waals surface area (Å²) in [5, 5.41) is 2.81. The minimum atomic E-state index is -0.469. The Morgan fingerprint density at radius 3 is 2.56 bits per heavy atom. The number of hydrogen-bond acceptors (Lipinski definition) is 2. The van der Waals surface area contributed by atoms with E-state index < -0.39 is 5.91 Å². The van der Waals surface area contributed by atoms with E-state index in [4.69, 9.17) is 5.73 Å². The Bertz CT molecular complexity index is 477. The molecule has 18 heavy (non-hydrogen) atoms. The van der Waals surface area contributed by atoms with Gasteiger partial charge in [0.2, 0.25) is 11.8 Å². The average Bonchev–Trinajstić information content (AvgIpc) is 2.82. The zero-order chi connectivity index (χ0) is 13.0. The molecular weight excluding hydrogens is 228 g/mol. The Kier molecular flexibility index (Phi) is 3.77. The summed E-state index contributed by atoms with van der Waals surface area (Å²) < 4.78 is 0. The van der Waals surface area contributed by atoms with Gasteiger partial charge in [0.15, 0.2) is 0 Å². The molecule has 0 unspecified atom stereocenters. The third kappa shape index (κ3) is 3.20. The van der Waals surface area contributed by atoms with Gasteiger partial charge in [0.1, 0.15) is 0 Å². The molecule has 1 aliphatic carbocycles. The standard InChI is InChI=1S/C14H16N2O2/c15-14(18)11-5-7-12(8-6-11)16-13(17)9-10-3-1-2-4-10/h1,3,5-8,10H,2,4,9H2,(H2,15,18)(H,16,17)/t10-/m1/s1. The van der Waals surface area contributed by atoms with E-state index in [2.05, 4.69) is 17.5 Å². The van der Waals surface area contributed by atoms with E-state index in [1.807, 2.05) is 0 Å². The second kappa shape index (κ2) is 5.49. The predicted molar refractivity (Wildman–Crippen MR) is 70.1 cm³/mol. The molecule has 2 amide bonds. The molecule has 3 N–H and O–H groups in total. The average molecular weight is 244 g/mol. The number of allylic oxidation sites excluding steroid dienone is 2. The molecule has 0 aliphatic heterocycles. The summed E-state index contributed by atoms with van der Waals surface area (Å²) in [5.74, 6) is -0.114. The zero-order valence-corrected chi connectivity index (χ0v) is 10.1. The Labute approximate surface area is 106 Å². The molecule has 0 fully saturated rings. The summed E-state index contributed by atoms with van der Waals surface area (Å²) in [5.41, 5.74) is 6.26. The van der Waals surface area contributed by atoms with Gasteiger partial charge >= 0.3 is 0 Å². The SMILES string of the molecule is NC(=O)c1ccc(NC(=O)C[C@@H]2C=CCC2)cc1. The molecule has 2 rings (SSSR count). The fraction of sp³-hybridized carbons (Fsp3) is 0.286. The number of hydrogen-bond donors (Lipinski definition) is 2. The topological polar surface area (TPSA) is 72.2 Å². The molecule has 4 heteroatoms. The van der Waals surface area contributed by atoms with Crippen LogP contribution < -0.4 is 11.1 Å². The van der Waals surface area contributed by atoms with Gasteiger partial charge < -0.3 is 11.1 Å². The summed E-state index contributed by atoms with van der Waals surface area (Å²) in [4.78, 5) is 22.6. The molecule has 0 saturated carbocycles. The highest BCUT2D eigenvalue weighted by Gasteiger charge is 2.14. The van der Waals surface area contributed by atoms with Crippen LogP contribution in [0.5, 0.6) is 0 Å². The number of benzene rings is 1. The normalized spacial score (nSPS) is 17.7. The molecule has 0 aromatic heterocycles. The number of carbonyl (C=O) groups is 2. The van der Waals surface area contributed by atoms with Crippen LogP contribution in [0.2, 0.25) is 0 Å². The minimum absolute atomic E-state index is 0.00150. The number of anilines is 1. The van der Waals surface area contributed by atoms with Crippen molar-refractivity contribution in [1.29, 1.82) is 0 Å². The number of primary amides is 1. The maximum atomic E-state index is 11.8. The lowest BCUT2D eigenvalue weighted by Crippen LogP contribution is -2.15. The molecule has 1 aliphatic rings. The number of carbonyl (C=O) groups excluding carboxylic acids is 2. The van der Waals surface area contributed by atoms with E-state index in [-0.39, 0.29) is 5.91 Å². The van der Waals surface area contributed by atoms with Gasteiger partial charge in [-0.2, -0.15) is 0 Å². The van der Waals surface area contributed by atoms with Gasteiger partial charge in [-0.3, -0.25) is 9.59 Å². The van der Waals surface area contributed by atoms with E-state index >= 15 is 0 Å². The number of rotatable bonds is 4. The van der Waals surface area contributed by atoms with Gasteiger partial charge in [-0.25, -0.2) is 0 Å². The highest BCUT2D eigenvalue weighted by atomic mass is 16.2. The van der Waals surface area contributed by atoms with E-state index in [1.165, 1.54) is 0 Å². The van der Waals surface area contributed by atoms with Crippen LogP contribution >= 0.6 is 0 Å². The Morgan fingerprint density at radius 1 is 1.28 bits per heavy atom. The molecule has 0 saturated heterocycles. The van der Waals surface area contributed by atoms with Crippen LogP contribution in [0, 0.1) is 5.92 Å². The highest BCUT2D eigenvalue weighted by Crippen LogP contribution is 2.21. The molecule has 0 heterocycles. The maximum Gasteiger partial charge on any atom is 0.248 e. The first-order valence-electron chi connectivity index (χ1n) is 6.01. The van der Waals surface area contributed by atoms with E-state index in [1.54, 1.807) is 24.3 Å². The Morgan fingerprint density at radius 2 is 2.00 bits per heavy atom. The van der Waals surface area contributed by atoms with Gasteiger partial charge in [-0.15, -0.1) is 0 Å². The second-order valence-electron chi connectivity index (χ2n) is 4.46. The van der Waals surface area contributed by atoms with Crippen LogP contribution in [-0.2, 0) is 4.79 Å². The molecular formula is C14H16N2O2. The summed E-state index contributed by atoms with van der Waals surface area (Å²) >= 11 is 0. The van der Waals surface area contributed by atoms with E-state index in [0.717, 1.165) is 12.8 Å². The summed E-state index contributed by atoms with van der Waals surface area (Å²) in [6.45, 7) is 0. The first-order valence-corrected chi connectivity index (χ1v) is 6.01. The molecule has 1 atom stereocenters. The predicted octanol–water partition coefficient (Wildman–Crippen LogP) is 2.08. The fourth-order valence-electron chi connectivity index (χ4n) is 2.03. The van der Waals surface area contributed by atoms with Crippen molar-refractivity contribution in [1.82, 2.24) is 0 Å². The van der Waals surface area contributed by atoms with Crippen molar-refractivity contribution in [2.75, 3.05) is 5.32 Å². The lowest BCUT2D eigenvalue weighted by atomic mass is 10.0. The molecule has 0 bridgehead atoms. The quantitative estimate of drug-likeness (QED) is 0.796. The van der Waals surface area contributed by atoms with Gasteiger partial charge in [-0.05, 0) is 43.0 Å². The molecule has 1 aromatic carbocycles. The van der Waals surface area contributed by atoms with Gasteiger partial charge in [0.05, 0.1) is 0 Å². The smallest absolute Gasteiger partial charge is 0.248 e. The largest absolute Gasteiger partial charge is 0.366 e. The number of amides is 2. The second-order valence-corrected chi connectivity index (χ2v) is 4.46. The minimum Gasteiger partial charge on any atom is -0.366 e. The van der Waals surface area contributed by atoms with Crippen LogP contribution in [0.1, 0.15) is 29.6 Å². The number of nitrogens with two attached hydrogens (primary N) is 1. The van der Waals surface area contributed by atoms with Crippen LogP contribution in [0.25, 0.3) is 0 Å². The summed E-state index contributed by atoms with van der Waals surface area (Å²) in [6, 6.07) is 6.58. The van der Waals surface area contributed by atoms with Crippen molar-refractivity contribution in [3.8, 4) is 0 Å². The van der Waals surface area contributed by atoms with E-state index in [0.29, 0.717) is 23.6 Å². The van der Waals surface area contributed by atoms with Crippen molar-refractivity contribution in [2.45, 2.75) is 19.3 Å². The third-order valence-electron chi connectivity index (χ3n) is 3.01. The van der Waals surface area contributed by atoms with Crippen molar-refractivity contribution in [3.63, 3.8) is 0 Å². The molecule has 4 nitrogen and oxygen atoms in total. The molecule has 0 spiro atoms. The Balaban J connectivity index is 1.90. The fourth-order valence-corrected chi connectivity index (χ4v) is 2.03.